The lowest BCUT2D eigenvalue weighted by Crippen LogP contribution is -2.30. The molecule has 0 saturated carbocycles. The molecule has 2 N–H and O–H groups in total. The zero-order chi connectivity index (χ0) is 14.4. The van der Waals surface area contributed by atoms with E-state index < -0.39 is 0 Å². The molecule has 0 spiro atoms. The first-order valence-electron chi connectivity index (χ1n) is 5.84. The zero-order valence-electron chi connectivity index (χ0n) is 10.4. The average Bonchev–Trinajstić information content (AvgIpc) is 2.93. The minimum atomic E-state index is -0.249. The molecular formula is C12H12Cl2N4O2. The summed E-state index contributed by atoms with van der Waals surface area (Å²) in [4.78, 5) is 15.5. The average molecular weight is 315 g/mol. The van der Waals surface area contributed by atoms with Gasteiger partial charge in [-0.25, -0.2) is 4.98 Å². The van der Waals surface area contributed by atoms with E-state index in [1.807, 2.05) is 0 Å². The summed E-state index contributed by atoms with van der Waals surface area (Å²) >= 11 is 11.7. The van der Waals surface area contributed by atoms with E-state index in [4.69, 9.17) is 27.9 Å². The highest BCUT2D eigenvalue weighted by atomic mass is 35.5. The van der Waals surface area contributed by atoms with Gasteiger partial charge in [-0.15, -0.1) is 0 Å². The number of hydrogen-bond acceptors (Lipinski definition) is 4. The highest BCUT2D eigenvalue weighted by Crippen LogP contribution is 2.27. The van der Waals surface area contributed by atoms with Crippen molar-refractivity contribution in [1.29, 1.82) is 0 Å². The van der Waals surface area contributed by atoms with Crippen LogP contribution in [0.5, 0.6) is 5.75 Å². The van der Waals surface area contributed by atoms with E-state index >= 15 is 0 Å². The summed E-state index contributed by atoms with van der Waals surface area (Å²) in [6, 6.07) is 4.82. The Morgan fingerprint density at radius 2 is 2.25 bits per heavy atom. The second-order valence-corrected chi connectivity index (χ2v) is 4.74. The van der Waals surface area contributed by atoms with Crippen molar-refractivity contribution in [1.82, 2.24) is 20.5 Å². The summed E-state index contributed by atoms with van der Waals surface area (Å²) in [6.07, 6.45) is 1.99. The van der Waals surface area contributed by atoms with Crippen LogP contribution >= 0.6 is 23.2 Å². The Kier molecular flexibility index (Phi) is 5.20. The smallest absolute Gasteiger partial charge is 0.257 e. The van der Waals surface area contributed by atoms with E-state index in [2.05, 4.69) is 20.5 Å². The maximum Gasteiger partial charge on any atom is 0.257 e. The van der Waals surface area contributed by atoms with Crippen LogP contribution in [0.4, 0.5) is 0 Å². The summed E-state index contributed by atoms with van der Waals surface area (Å²) in [7, 11) is 0. The Hall–Kier alpha value is -1.79. The van der Waals surface area contributed by atoms with Crippen molar-refractivity contribution in [3.05, 3.63) is 40.4 Å². The summed E-state index contributed by atoms with van der Waals surface area (Å²) in [5.74, 6) is 0.842. The molecule has 0 bridgehead atoms. The lowest BCUT2D eigenvalue weighted by Gasteiger charge is -2.08. The maximum atomic E-state index is 11.6. The van der Waals surface area contributed by atoms with Crippen molar-refractivity contribution in [2.24, 2.45) is 0 Å². The Balaban J connectivity index is 1.73. The van der Waals surface area contributed by atoms with E-state index in [0.717, 1.165) is 0 Å². The number of carbonyl (C=O) groups excluding carboxylic acids is 1. The molecule has 1 amide bonds. The number of carbonyl (C=O) groups is 1. The van der Waals surface area contributed by atoms with Gasteiger partial charge in [0, 0.05) is 24.1 Å². The van der Waals surface area contributed by atoms with Crippen LogP contribution in [0.1, 0.15) is 5.82 Å². The van der Waals surface area contributed by atoms with Gasteiger partial charge >= 0.3 is 0 Å². The van der Waals surface area contributed by atoms with Gasteiger partial charge in [-0.3, -0.25) is 9.89 Å². The van der Waals surface area contributed by atoms with E-state index in [9.17, 15) is 4.79 Å². The quantitative estimate of drug-likeness (QED) is 0.852. The van der Waals surface area contributed by atoms with E-state index in [-0.39, 0.29) is 12.5 Å². The van der Waals surface area contributed by atoms with E-state index in [1.165, 1.54) is 6.33 Å². The van der Waals surface area contributed by atoms with E-state index in [1.54, 1.807) is 18.2 Å². The van der Waals surface area contributed by atoms with Gasteiger partial charge in [0.15, 0.2) is 6.61 Å². The molecule has 1 heterocycles. The molecule has 0 aliphatic carbocycles. The van der Waals surface area contributed by atoms with Crippen LogP contribution in [0.3, 0.4) is 0 Å². The third-order valence-corrected chi connectivity index (χ3v) is 2.95. The Morgan fingerprint density at radius 1 is 1.40 bits per heavy atom. The number of benzene rings is 1. The summed E-state index contributed by atoms with van der Waals surface area (Å²) < 4.78 is 5.30. The van der Waals surface area contributed by atoms with Crippen LogP contribution in [-0.2, 0) is 11.2 Å². The van der Waals surface area contributed by atoms with Gasteiger partial charge in [-0.1, -0.05) is 23.2 Å². The number of nitrogens with zero attached hydrogens (tertiary/aromatic N) is 2. The van der Waals surface area contributed by atoms with Crippen LogP contribution in [-0.4, -0.2) is 34.2 Å². The molecule has 0 saturated heterocycles. The van der Waals surface area contributed by atoms with Crippen LogP contribution in [0, 0.1) is 0 Å². The molecule has 0 unspecified atom stereocenters. The van der Waals surface area contributed by atoms with Crippen LogP contribution in [0.25, 0.3) is 0 Å². The highest BCUT2D eigenvalue weighted by molar-refractivity contribution is 6.34. The second kappa shape index (κ2) is 7.12. The van der Waals surface area contributed by atoms with Gasteiger partial charge in [-0.2, -0.15) is 5.10 Å². The number of aromatic amines is 1. The van der Waals surface area contributed by atoms with Gasteiger partial charge in [-0.05, 0) is 12.1 Å². The highest BCUT2D eigenvalue weighted by Gasteiger charge is 2.06. The largest absolute Gasteiger partial charge is 0.482 e. The van der Waals surface area contributed by atoms with Gasteiger partial charge in [0.1, 0.15) is 17.9 Å². The number of rotatable bonds is 6. The molecule has 6 nitrogen and oxygen atoms in total. The SMILES string of the molecule is O=C(COc1cc(Cl)ccc1Cl)NCCc1ncn[nH]1. The molecule has 2 aromatic rings. The first-order valence-corrected chi connectivity index (χ1v) is 6.59. The Bertz CT molecular complexity index is 575. The van der Waals surface area contributed by atoms with Gasteiger partial charge < -0.3 is 10.1 Å². The molecule has 0 aliphatic rings. The number of ether oxygens (including phenoxy) is 1. The fraction of sp³-hybridized carbons (Fsp3) is 0.250. The van der Waals surface area contributed by atoms with Crippen LogP contribution < -0.4 is 10.1 Å². The molecule has 0 atom stereocenters. The molecule has 0 radical (unpaired) electrons. The molecule has 20 heavy (non-hydrogen) atoms. The molecule has 1 aromatic carbocycles. The van der Waals surface area contributed by atoms with Crippen molar-refractivity contribution in [3.63, 3.8) is 0 Å². The first kappa shape index (κ1) is 14.6. The number of amides is 1. The topological polar surface area (TPSA) is 79.9 Å². The number of aromatic nitrogens is 3. The maximum absolute atomic E-state index is 11.6. The van der Waals surface area contributed by atoms with Crippen molar-refractivity contribution in [2.75, 3.05) is 13.2 Å². The number of H-pyrrole nitrogens is 1. The van der Waals surface area contributed by atoms with Crippen molar-refractivity contribution >= 4 is 29.1 Å². The number of nitrogens with one attached hydrogen (secondary N) is 2. The summed E-state index contributed by atoms with van der Waals surface area (Å²) in [6.45, 7) is 0.317. The summed E-state index contributed by atoms with van der Waals surface area (Å²) in [5.41, 5.74) is 0. The second-order valence-electron chi connectivity index (χ2n) is 3.90. The van der Waals surface area contributed by atoms with Crippen molar-refractivity contribution in [3.8, 4) is 5.75 Å². The fourth-order valence-corrected chi connectivity index (χ4v) is 1.79. The zero-order valence-corrected chi connectivity index (χ0v) is 11.9. The van der Waals surface area contributed by atoms with Crippen molar-refractivity contribution in [2.45, 2.75) is 6.42 Å². The lowest BCUT2D eigenvalue weighted by molar-refractivity contribution is -0.123. The minimum Gasteiger partial charge on any atom is -0.482 e. The normalized spacial score (nSPS) is 10.3. The van der Waals surface area contributed by atoms with Crippen LogP contribution in [0.15, 0.2) is 24.5 Å². The number of hydrogen-bond donors (Lipinski definition) is 2. The Labute approximate surface area is 125 Å². The number of halogens is 2. The Morgan fingerprint density at radius 3 is 3.00 bits per heavy atom. The molecule has 106 valence electrons. The molecule has 0 fully saturated rings. The van der Waals surface area contributed by atoms with Crippen LogP contribution in [0.2, 0.25) is 10.0 Å². The predicted octanol–water partition coefficient (Wildman–Crippen LogP) is 1.85. The van der Waals surface area contributed by atoms with Gasteiger partial charge in [0.05, 0.1) is 5.02 Å². The summed E-state index contributed by atoms with van der Waals surface area (Å²) in [5, 5.41) is 10.0. The van der Waals surface area contributed by atoms with E-state index in [0.29, 0.717) is 34.6 Å². The third-order valence-electron chi connectivity index (χ3n) is 2.40. The molecule has 1 aromatic heterocycles. The molecule has 8 heteroatoms. The van der Waals surface area contributed by atoms with Gasteiger partial charge in [0.25, 0.3) is 5.91 Å². The lowest BCUT2D eigenvalue weighted by atomic mass is 10.3. The standard InChI is InChI=1S/C12H12Cl2N4O2/c13-8-1-2-9(14)10(5-8)20-6-12(19)15-4-3-11-16-7-17-18-11/h1-2,5,7H,3-4,6H2,(H,15,19)(H,16,17,18). The molecular weight excluding hydrogens is 303 g/mol. The first-order chi connectivity index (χ1) is 9.65. The fourth-order valence-electron chi connectivity index (χ4n) is 1.45. The van der Waals surface area contributed by atoms with Crippen molar-refractivity contribution < 1.29 is 9.53 Å². The van der Waals surface area contributed by atoms with Gasteiger partial charge in [0.2, 0.25) is 0 Å². The minimum absolute atomic E-state index is 0.129. The monoisotopic (exact) mass is 314 g/mol. The molecule has 0 aliphatic heterocycles. The third kappa shape index (κ3) is 4.40. The predicted molar refractivity (Wildman–Crippen MR) is 75.1 cm³/mol. The molecule has 2 rings (SSSR count).